The Morgan fingerprint density at radius 1 is 1.46 bits per heavy atom. The van der Waals surface area contributed by atoms with Crippen molar-refractivity contribution >= 4 is 6.21 Å². The molecule has 0 aliphatic carbocycles. The first-order chi connectivity index (χ1) is 6.11. The monoisotopic (exact) mass is 179 g/mol. The van der Waals surface area contributed by atoms with E-state index in [9.17, 15) is 0 Å². The van der Waals surface area contributed by atoms with Crippen molar-refractivity contribution in [3.05, 3.63) is 24.8 Å². The third-order valence-corrected chi connectivity index (χ3v) is 2.44. The van der Waals surface area contributed by atoms with Crippen LogP contribution in [0.25, 0.3) is 0 Å². The molecule has 0 aliphatic heterocycles. The predicted molar refractivity (Wildman–Crippen MR) is 60.3 cm³/mol. The molecule has 74 valence electrons. The summed E-state index contributed by atoms with van der Waals surface area (Å²) in [7, 11) is 0. The summed E-state index contributed by atoms with van der Waals surface area (Å²) in [5.74, 6) is 1.31. The van der Waals surface area contributed by atoms with Crippen LogP contribution in [0.5, 0.6) is 0 Å². The molecule has 1 heteroatoms. The predicted octanol–water partition coefficient (Wildman–Crippen LogP) is 3.82. The van der Waals surface area contributed by atoms with Gasteiger partial charge in [-0.15, -0.1) is 0 Å². The molecule has 0 aromatic rings. The Morgan fingerprint density at radius 3 is 2.46 bits per heavy atom. The average Bonchev–Trinajstić information content (AvgIpc) is 2.11. The van der Waals surface area contributed by atoms with Crippen LogP contribution in [0.3, 0.4) is 0 Å². The molecule has 1 N–H and O–H groups in total. The Morgan fingerprint density at radius 2 is 2.08 bits per heavy atom. The minimum atomic E-state index is 0.645. The number of rotatable bonds is 7. The van der Waals surface area contributed by atoms with Crippen molar-refractivity contribution in [3.8, 4) is 0 Å². The van der Waals surface area contributed by atoms with Crippen LogP contribution in [-0.4, -0.2) is 6.21 Å². The summed E-state index contributed by atoms with van der Waals surface area (Å²) in [6, 6.07) is 0. The lowest BCUT2D eigenvalue weighted by molar-refractivity contribution is 0.365. The van der Waals surface area contributed by atoms with Crippen LogP contribution in [0.2, 0.25) is 0 Å². The van der Waals surface area contributed by atoms with E-state index in [1.807, 2.05) is 6.08 Å². The molecule has 0 rings (SSSR count). The maximum atomic E-state index is 7.00. The second-order valence-corrected chi connectivity index (χ2v) is 3.85. The van der Waals surface area contributed by atoms with E-state index < -0.39 is 0 Å². The van der Waals surface area contributed by atoms with Crippen LogP contribution < -0.4 is 0 Å². The quantitative estimate of drug-likeness (QED) is 0.454. The zero-order valence-corrected chi connectivity index (χ0v) is 8.84. The van der Waals surface area contributed by atoms with Gasteiger partial charge in [0.25, 0.3) is 0 Å². The number of nitrogens with one attached hydrogen (secondary N) is 1. The van der Waals surface area contributed by atoms with Crippen molar-refractivity contribution in [2.45, 2.75) is 33.1 Å². The molecule has 0 radical (unpaired) electrons. The molecule has 0 saturated carbocycles. The van der Waals surface area contributed by atoms with Gasteiger partial charge in [0.2, 0.25) is 0 Å². The first kappa shape index (κ1) is 12.2. The number of hydrogen-bond acceptors (Lipinski definition) is 1. The van der Waals surface area contributed by atoms with Gasteiger partial charge in [-0.05, 0) is 37.3 Å². The third-order valence-electron chi connectivity index (χ3n) is 2.44. The van der Waals surface area contributed by atoms with Gasteiger partial charge in [-0.3, -0.25) is 0 Å². The van der Waals surface area contributed by atoms with Crippen LogP contribution in [0.4, 0.5) is 0 Å². The van der Waals surface area contributed by atoms with Crippen molar-refractivity contribution in [1.29, 1.82) is 5.41 Å². The molecule has 0 aromatic carbocycles. The van der Waals surface area contributed by atoms with Crippen LogP contribution in [0.1, 0.15) is 33.1 Å². The van der Waals surface area contributed by atoms with E-state index in [0.29, 0.717) is 11.8 Å². The minimum absolute atomic E-state index is 0.645. The van der Waals surface area contributed by atoms with Gasteiger partial charge in [0.1, 0.15) is 0 Å². The molecular weight excluding hydrogens is 158 g/mol. The lowest BCUT2D eigenvalue weighted by Crippen LogP contribution is -2.09. The molecule has 0 saturated heterocycles. The van der Waals surface area contributed by atoms with Gasteiger partial charge in [-0.2, -0.15) is 0 Å². The lowest BCUT2D eigenvalue weighted by Gasteiger charge is -2.20. The summed E-state index contributed by atoms with van der Waals surface area (Å²) in [5.41, 5.74) is 1.11. The van der Waals surface area contributed by atoms with Crippen LogP contribution in [0, 0.1) is 17.2 Å². The van der Waals surface area contributed by atoms with Gasteiger partial charge in [-0.1, -0.05) is 38.7 Å². The Balaban J connectivity index is 4.00. The first-order valence-corrected chi connectivity index (χ1v) is 4.91. The van der Waals surface area contributed by atoms with Crippen molar-refractivity contribution in [2.75, 3.05) is 0 Å². The topological polar surface area (TPSA) is 23.9 Å². The highest BCUT2D eigenvalue weighted by molar-refractivity contribution is 5.52. The zero-order valence-electron chi connectivity index (χ0n) is 8.84. The molecule has 1 unspecified atom stereocenters. The Kier molecular flexibility index (Phi) is 6.21. The van der Waals surface area contributed by atoms with Gasteiger partial charge in [0.15, 0.2) is 0 Å². The van der Waals surface area contributed by atoms with E-state index in [1.54, 1.807) is 0 Å². The molecule has 13 heavy (non-hydrogen) atoms. The number of hydrogen-bond donors (Lipinski definition) is 1. The van der Waals surface area contributed by atoms with E-state index in [2.05, 4.69) is 27.0 Å². The zero-order chi connectivity index (χ0) is 10.3. The number of allylic oxidation sites excluding steroid dienone is 2. The maximum Gasteiger partial charge on any atom is -0.00476 e. The maximum absolute atomic E-state index is 7.00. The lowest BCUT2D eigenvalue weighted by atomic mass is 9.86. The SMILES string of the molecule is C=CC(=C)CC(CCC=N)C(C)C. The van der Waals surface area contributed by atoms with Crippen LogP contribution in [0.15, 0.2) is 24.8 Å². The largest absolute Gasteiger partial charge is 0.313 e. The molecule has 0 bridgehead atoms. The minimum Gasteiger partial charge on any atom is -0.313 e. The molecule has 0 aromatic heterocycles. The van der Waals surface area contributed by atoms with Crippen molar-refractivity contribution in [2.24, 2.45) is 11.8 Å². The van der Waals surface area contributed by atoms with Crippen LogP contribution in [-0.2, 0) is 0 Å². The summed E-state index contributed by atoms with van der Waals surface area (Å²) in [5, 5.41) is 7.00. The Hall–Kier alpha value is -0.850. The molecular formula is C12H21N. The summed E-state index contributed by atoms with van der Waals surface area (Å²) in [6.45, 7) is 12.1. The summed E-state index contributed by atoms with van der Waals surface area (Å²) < 4.78 is 0. The van der Waals surface area contributed by atoms with Crippen molar-refractivity contribution in [1.82, 2.24) is 0 Å². The Labute approximate surface area is 82.1 Å². The molecule has 1 atom stereocenters. The summed E-state index contributed by atoms with van der Waals surface area (Å²) in [4.78, 5) is 0. The van der Waals surface area contributed by atoms with Gasteiger partial charge >= 0.3 is 0 Å². The fourth-order valence-corrected chi connectivity index (χ4v) is 1.39. The van der Waals surface area contributed by atoms with Crippen LogP contribution >= 0.6 is 0 Å². The van der Waals surface area contributed by atoms with Crippen molar-refractivity contribution in [3.63, 3.8) is 0 Å². The highest BCUT2D eigenvalue weighted by Gasteiger charge is 2.12. The van der Waals surface area contributed by atoms with E-state index in [0.717, 1.165) is 24.8 Å². The van der Waals surface area contributed by atoms with Gasteiger partial charge in [-0.25, -0.2) is 0 Å². The molecule has 0 aliphatic rings. The molecule has 1 nitrogen and oxygen atoms in total. The second-order valence-electron chi connectivity index (χ2n) is 3.85. The highest BCUT2D eigenvalue weighted by atomic mass is 14.3. The van der Waals surface area contributed by atoms with Gasteiger partial charge < -0.3 is 5.41 Å². The summed E-state index contributed by atoms with van der Waals surface area (Å²) in [6.07, 6.45) is 6.32. The smallest absolute Gasteiger partial charge is 0.00476 e. The van der Waals surface area contributed by atoms with E-state index in [4.69, 9.17) is 5.41 Å². The highest BCUT2D eigenvalue weighted by Crippen LogP contribution is 2.24. The van der Waals surface area contributed by atoms with Crippen molar-refractivity contribution < 1.29 is 0 Å². The van der Waals surface area contributed by atoms with E-state index >= 15 is 0 Å². The molecule has 0 amide bonds. The molecule has 0 heterocycles. The Bertz CT molecular complexity index is 180. The third kappa shape index (κ3) is 5.40. The fraction of sp³-hybridized carbons (Fsp3) is 0.583. The van der Waals surface area contributed by atoms with Gasteiger partial charge in [0, 0.05) is 0 Å². The second kappa shape index (κ2) is 6.64. The normalized spacial score (nSPS) is 12.5. The van der Waals surface area contributed by atoms with E-state index in [1.165, 1.54) is 6.21 Å². The first-order valence-electron chi connectivity index (χ1n) is 4.91. The summed E-state index contributed by atoms with van der Waals surface area (Å²) >= 11 is 0. The average molecular weight is 179 g/mol. The molecule has 0 spiro atoms. The fourth-order valence-electron chi connectivity index (χ4n) is 1.39. The van der Waals surface area contributed by atoms with Gasteiger partial charge in [0.05, 0.1) is 0 Å². The standard InChI is InChI=1S/C12H21N/c1-5-11(4)9-12(10(2)3)7-6-8-13/h5,8,10,12-13H,1,4,6-7,9H2,2-3H3. The molecule has 0 fully saturated rings. The van der Waals surface area contributed by atoms with E-state index in [-0.39, 0.29) is 0 Å².